The van der Waals surface area contributed by atoms with E-state index in [1.807, 2.05) is 0 Å². The van der Waals surface area contributed by atoms with Gasteiger partial charge in [-0.05, 0) is 18.1 Å². The van der Waals surface area contributed by atoms with Crippen molar-refractivity contribution in [1.82, 2.24) is 4.40 Å². The maximum absolute atomic E-state index is 12.7. The lowest BCUT2D eigenvalue weighted by molar-refractivity contribution is -0.131. The molecule has 0 atom stereocenters. The summed E-state index contributed by atoms with van der Waals surface area (Å²) in [7, 11) is 1.24. The van der Waals surface area contributed by atoms with Crippen molar-refractivity contribution in [3.05, 3.63) is 45.9 Å². The molecule has 0 saturated carbocycles. The molecule has 0 saturated heterocycles. The van der Waals surface area contributed by atoms with Crippen LogP contribution in [0, 0.1) is 0 Å². The van der Waals surface area contributed by atoms with Gasteiger partial charge in [0, 0.05) is 13.1 Å². The number of pyridine rings is 2. The Hall–Kier alpha value is -2.63. The van der Waals surface area contributed by atoms with Gasteiger partial charge in [-0.2, -0.15) is 0 Å². The van der Waals surface area contributed by atoms with Crippen molar-refractivity contribution in [2.75, 3.05) is 7.11 Å². The number of methoxy groups -OCH3 is 1. The van der Waals surface area contributed by atoms with Gasteiger partial charge in [-0.25, -0.2) is 4.79 Å². The first-order valence-electron chi connectivity index (χ1n) is 6.82. The van der Waals surface area contributed by atoms with Crippen molar-refractivity contribution in [3.63, 3.8) is 0 Å². The number of carbonyl (C=O) groups is 2. The Kier molecular flexibility index (Phi) is 4.30. The second-order valence-electron chi connectivity index (χ2n) is 5.12. The molecular formula is C16H17NO5. The summed E-state index contributed by atoms with van der Waals surface area (Å²) in [5.41, 5.74) is 0.343. The van der Waals surface area contributed by atoms with E-state index >= 15 is 0 Å². The number of fused-ring (bicyclic) bond motifs is 1. The highest BCUT2D eigenvalue weighted by Gasteiger charge is 2.27. The van der Waals surface area contributed by atoms with Crippen LogP contribution in [0.3, 0.4) is 0 Å². The zero-order chi connectivity index (χ0) is 16.4. The van der Waals surface area contributed by atoms with Crippen LogP contribution in [0.5, 0.6) is 5.75 Å². The van der Waals surface area contributed by atoms with E-state index in [-0.39, 0.29) is 28.4 Å². The first-order chi connectivity index (χ1) is 10.4. The molecule has 0 amide bonds. The van der Waals surface area contributed by atoms with Gasteiger partial charge in [0.2, 0.25) is 0 Å². The highest BCUT2D eigenvalue weighted by Crippen LogP contribution is 2.31. The first-order valence-corrected chi connectivity index (χ1v) is 6.82. The molecular weight excluding hydrogens is 286 g/mol. The molecule has 116 valence electrons. The van der Waals surface area contributed by atoms with Crippen LogP contribution < -0.4 is 10.3 Å². The van der Waals surface area contributed by atoms with Crippen LogP contribution in [0.25, 0.3) is 5.52 Å². The van der Waals surface area contributed by atoms with Gasteiger partial charge in [-0.3, -0.25) is 14.0 Å². The molecule has 0 aliphatic rings. The Labute approximate surface area is 127 Å². The van der Waals surface area contributed by atoms with Crippen molar-refractivity contribution in [3.8, 4) is 5.75 Å². The van der Waals surface area contributed by atoms with Gasteiger partial charge in [0.25, 0.3) is 5.56 Å². The van der Waals surface area contributed by atoms with E-state index in [1.54, 1.807) is 38.2 Å². The quantitative estimate of drug-likeness (QED) is 0.812. The fourth-order valence-electron chi connectivity index (χ4n) is 2.36. The van der Waals surface area contributed by atoms with Crippen molar-refractivity contribution in [2.24, 2.45) is 0 Å². The second-order valence-corrected chi connectivity index (χ2v) is 5.12. The summed E-state index contributed by atoms with van der Waals surface area (Å²) in [6.07, 6.45) is 1.56. The summed E-state index contributed by atoms with van der Waals surface area (Å²) in [5.74, 6) is -1.53. The SMILES string of the molecule is COC(=O)c1c(OC(C)=O)c(C(C)C)c(=O)n2ccccc12. The van der Waals surface area contributed by atoms with E-state index in [0.717, 1.165) is 0 Å². The summed E-state index contributed by atoms with van der Waals surface area (Å²) in [5, 5.41) is 0. The molecule has 22 heavy (non-hydrogen) atoms. The molecule has 2 heterocycles. The highest BCUT2D eigenvalue weighted by atomic mass is 16.5. The number of ether oxygens (including phenoxy) is 2. The predicted molar refractivity (Wildman–Crippen MR) is 80.4 cm³/mol. The third kappa shape index (κ3) is 2.59. The molecule has 0 spiro atoms. The first kappa shape index (κ1) is 15.8. The molecule has 0 aliphatic heterocycles. The van der Waals surface area contributed by atoms with Gasteiger partial charge in [-0.15, -0.1) is 0 Å². The van der Waals surface area contributed by atoms with E-state index in [4.69, 9.17) is 9.47 Å². The van der Waals surface area contributed by atoms with Crippen LogP contribution in [-0.2, 0) is 9.53 Å². The molecule has 6 heteroatoms. The van der Waals surface area contributed by atoms with Gasteiger partial charge in [-0.1, -0.05) is 19.9 Å². The molecule has 2 aromatic heterocycles. The summed E-state index contributed by atoms with van der Waals surface area (Å²) in [6.45, 7) is 4.80. The number of hydrogen-bond donors (Lipinski definition) is 0. The van der Waals surface area contributed by atoms with E-state index in [9.17, 15) is 14.4 Å². The van der Waals surface area contributed by atoms with E-state index in [0.29, 0.717) is 5.52 Å². The van der Waals surface area contributed by atoms with Crippen LogP contribution >= 0.6 is 0 Å². The van der Waals surface area contributed by atoms with Crippen molar-refractivity contribution in [1.29, 1.82) is 0 Å². The molecule has 0 radical (unpaired) electrons. The fourth-order valence-corrected chi connectivity index (χ4v) is 2.36. The summed E-state index contributed by atoms with van der Waals surface area (Å²) >= 11 is 0. The summed E-state index contributed by atoms with van der Waals surface area (Å²) in [6, 6.07) is 4.98. The molecule has 0 N–H and O–H groups in total. The van der Waals surface area contributed by atoms with Crippen LogP contribution in [0.2, 0.25) is 0 Å². The summed E-state index contributed by atoms with van der Waals surface area (Å²) < 4.78 is 11.3. The van der Waals surface area contributed by atoms with E-state index in [1.165, 1.54) is 18.4 Å². The van der Waals surface area contributed by atoms with E-state index in [2.05, 4.69) is 0 Å². The lowest BCUT2D eigenvalue weighted by Crippen LogP contribution is -2.25. The van der Waals surface area contributed by atoms with Gasteiger partial charge in [0.1, 0.15) is 5.56 Å². The Balaban J connectivity index is 3.02. The van der Waals surface area contributed by atoms with Crippen LogP contribution in [-0.4, -0.2) is 23.4 Å². The third-order valence-electron chi connectivity index (χ3n) is 3.25. The number of esters is 2. The second kappa shape index (κ2) is 6.01. The number of nitrogens with zero attached hydrogens (tertiary/aromatic N) is 1. The van der Waals surface area contributed by atoms with E-state index < -0.39 is 11.9 Å². The smallest absolute Gasteiger partial charge is 0.343 e. The number of carbonyl (C=O) groups excluding carboxylic acids is 2. The maximum Gasteiger partial charge on any atom is 0.343 e. The zero-order valence-corrected chi connectivity index (χ0v) is 12.9. The standard InChI is InChI=1S/C16H17NO5/c1-9(2)12-14(22-10(3)18)13(16(20)21-4)11-7-5-6-8-17(11)15(12)19/h5-9H,1-4H3. The molecule has 2 aromatic rings. The average molecular weight is 303 g/mol. The third-order valence-corrected chi connectivity index (χ3v) is 3.25. The molecule has 2 rings (SSSR count). The van der Waals surface area contributed by atoms with Crippen LogP contribution in [0.4, 0.5) is 0 Å². The minimum atomic E-state index is -0.665. The average Bonchev–Trinajstić information content (AvgIpc) is 2.46. The molecule has 0 aromatic carbocycles. The Morgan fingerprint density at radius 3 is 2.45 bits per heavy atom. The van der Waals surface area contributed by atoms with Crippen molar-refractivity contribution < 1.29 is 19.1 Å². The summed E-state index contributed by atoms with van der Waals surface area (Å²) in [4.78, 5) is 36.3. The van der Waals surface area contributed by atoms with Crippen molar-refractivity contribution >= 4 is 17.5 Å². The zero-order valence-electron chi connectivity index (χ0n) is 12.9. The minimum Gasteiger partial charge on any atom is -0.465 e. The molecule has 0 fully saturated rings. The monoisotopic (exact) mass is 303 g/mol. The number of aromatic nitrogens is 1. The predicted octanol–water partition coefficient (Wildman–Crippen LogP) is 2.13. The topological polar surface area (TPSA) is 74.1 Å². The lowest BCUT2D eigenvalue weighted by atomic mass is 9.99. The Morgan fingerprint density at radius 2 is 1.91 bits per heavy atom. The molecule has 0 aliphatic carbocycles. The van der Waals surface area contributed by atoms with Gasteiger partial charge < -0.3 is 9.47 Å². The minimum absolute atomic E-state index is 0.0226. The maximum atomic E-state index is 12.7. The van der Waals surface area contributed by atoms with Crippen molar-refractivity contribution in [2.45, 2.75) is 26.7 Å². The number of hydrogen-bond acceptors (Lipinski definition) is 5. The Morgan fingerprint density at radius 1 is 1.23 bits per heavy atom. The normalized spacial score (nSPS) is 10.8. The fraction of sp³-hybridized carbons (Fsp3) is 0.312. The number of rotatable bonds is 3. The largest absolute Gasteiger partial charge is 0.465 e. The van der Waals surface area contributed by atoms with Gasteiger partial charge in [0.15, 0.2) is 5.75 Å². The molecule has 0 bridgehead atoms. The van der Waals surface area contributed by atoms with Gasteiger partial charge in [0.05, 0.1) is 18.2 Å². The highest BCUT2D eigenvalue weighted by molar-refractivity contribution is 6.01. The van der Waals surface area contributed by atoms with Crippen LogP contribution in [0.15, 0.2) is 29.2 Å². The van der Waals surface area contributed by atoms with Crippen LogP contribution in [0.1, 0.15) is 42.6 Å². The molecule has 6 nitrogen and oxygen atoms in total. The van der Waals surface area contributed by atoms with Gasteiger partial charge >= 0.3 is 11.9 Å². The lowest BCUT2D eigenvalue weighted by Gasteiger charge is -2.17. The molecule has 0 unspecified atom stereocenters. The Bertz CT molecular complexity index is 804.